The number of methoxy groups -OCH3 is 1. The molecule has 1 fully saturated rings. The number of hydrogen-bond acceptors (Lipinski definition) is 3. The summed E-state index contributed by atoms with van der Waals surface area (Å²) >= 11 is 0. The molecule has 1 aromatic carbocycles. The molecule has 96 valence electrons. The molecule has 1 aliphatic rings. The zero-order valence-corrected chi connectivity index (χ0v) is 10.2. The number of benzene rings is 1. The van der Waals surface area contributed by atoms with Crippen LogP contribution in [0.15, 0.2) is 24.3 Å². The van der Waals surface area contributed by atoms with Crippen molar-refractivity contribution in [2.45, 2.75) is 19.4 Å². The number of rotatable bonds is 4. The van der Waals surface area contributed by atoms with Crippen LogP contribution in [0, 0.1) is 5.92 Å². The topological polar surface area (TPSA) is 67.4 Å². The molecule has 3 amide bonds. The first-order valence-corrected chi connectivity index (χ1v) is 5.91. The molecule has 5 nitrogen and oxygen atoms in total. The number of amides is 3. The average molecular weight is 248 g/mol. The van der Waals surface area contributed by atoms with E-state index < -0.39 is 6.03 Å². The van der Waals surface area contributed by atoms with Crippen molar-refractivity contribution in [3.8, 4) is 5.75 Å². The predicted octanol–water partition coefficient (Wildman–Crippen LogP) is 1.43. The van der Waals surface area contributed by atoms with Crippen LogP contribution < -0.4 is 15.4 Å². The average Bonchev–Trinajstić information content (AvgIpc) is 3.21. The summed E-state index contributed by atoms with van der Waals surface area (Å²) in [6.07, 6.45) is 1.76. The maximum atomic E-state index is 11.5. The van der Waals surface area contributed by atoms with Crippen molar-refractivity contribution in [1.29, 1.82) is 0 Å². The van der Waals surface area contributed by atoms with E-state index in [1.165, 1.54) is 0 Å². The third kappa shape index (κ3) is 3.23. The van der Waals surface area contributed by atoms with Crippen LogP contribution in [-0.2, 0) is 11.3 Å². The molecule has 2 rings (SSSR count). The van der Waals surface area contributed by atoms with Crippen molar-refractivity contribution in [2.24, 2.45) is 5.92 Å². The number of urea groups is 1. The Kier molecular flexibility index (Phi) is 3.82. The van der Waals surface area contributed by atoms with Crippen molar-refractivity contribution in [2.75, 3.05) is 7.11 Å². The number of hydrogen-bond donors (Lipinski definition) is 2. The molecule has 0 heterocycles. The fourth-order valence-electron chi connectivity index (χ4n) is 1.63. The summed E-state index contributed by atoms with van der Waals surface area (Å²) in [4.78, 5) is 22.8. The van der Waals surface area contributed by atoms with E-state index >= 15 is 0 Å². The van der Waals surface area contributed by atoms with Gasteiger partial charge in [0.2, 0.25) is 5.91 Å². The van der Waals surface area contributed by atoms with E-state index in [1.807, 2.05) is 24.3 Å². The molecule has 0 aromatic heterocycles. The van der Waals surface area contributed by atoms with Gasteiger partial charge in [0.05, 0.1) is 7.11 Å². The lowest BCUT2D eigenvalue weighted by molar-refractivity contribution is -0.121. The zero-order valence-electron chi connectivity index (χ0n) is 10.2. The highest BCUT2D eigenvalue weighted by Gasteiger charge is 2.30. The van der Waals surface area contributed by atoms with Crippen molar-refractivity contribution < 1.29 is 14.3 Å². The first kappa shape index (κ1) is 12.4. The van der Waals surface area contributed by atoms with E-state index in [0.717, 1.165) is 18.4 Å². The Bertz CT molecular complexity index is 455. The minimum atomic E-state index is -0.460. The van der Waals surface area contributed by atoms with Gasteiger partial charge in [-0.15, -0.1) is 0 Å². The lowest BCUT2D eigenvalue weighted by Crippen LogP contribution is -2.39. The molecule has 1 saturated carbocycles. The summed E-state index contributed by atoms with van der Waals surface area (Å²) in [5.41, 5.74) is 0.869. The van der Waals surface area contributed by atoms with Gasteiger partial charge in [-0.25, -0.2) is 4.79 Å². The van der Waals surface area contributed by atoms with E-state index in [-0.39, 0.29) is 11.8 Å². The Hall–Kier alpha value is -2.04. The van der Waals surface area contributed by atoms with Crippen molar-refractivity contribution >= 4 is 11.9 Å². The Morgan fingerprint density at radius 3 is 2.72 bits per heavy atom. The quantitative estimate of drug-likeness (QED) is 0.847. The van der Waals surface area contributed by atoms with E-state index in [4.69, 9.17) is 4.74 Å². The SMILES string of the molecule is COc1ccccc1CNC(=O)NC(=O)C1CC1. The van der Waals surface area contributed by atoms with Crippen LogP contribution in [0.25, 0.3) is 0 Å². The van der Waals surface area contributed by atoms with Crippen LogP contribution in [0.5, 0.6) is 5.75 Å². The molecule has 0 aliphatic heterocycles. The van der Waals surface area contributed by atoms with Gasteiger partial charge in [0.15, 0.2) is 0 Å². The highest BCUT2D eigenvalue weighted by Crippen LogP contribution is 2.28. The Balaban J connectivity index is 1.83. The molecule has 1 aliphatic carbocycles. The Morgan fingerprint density at radius 1 is 1.33 bits per heavy atom. The summed E-state index contributed by atoms with van der Waals surface area (Å²) in [6, 6.07) is 6.95. The molecule has 0 spiro atoms. The van der Waals surface area contributed by atoms with Gasteiger partial charge < -0.3 is 10.1 Å². The predicted molar refractivity (Wildman–Crippen MR) is 66.1 cm³/mol. The van der Waals surface area contributed by atoms with Crippen LogP contribution in [0.1, 0.15) is 18.4 Å². The number of nitrogens with one attached hydrogen (secondary N) is 2. The monoisotopic (exact) mass is 248 g/mol. The molecule has 0 atom stereocenters. The normalized spacial score (nSPS) is 13.8. The first-order valence-electron chi connectivity index (χ1n) is 5.91. The largest absolute Gasteiger partial charge is 0.496 e. The van der Waals surface area contributed by atoms with Crippen molar-refractivity contribution in [3.63, 3.8) is 0 Å². The number of para-hydroxylation sites is 1. The number of ether oxygens (including phenoxy) is 1. The molecular formula is C13H16N2O3. The zero-order chi connectivity index (χ0) is 13.0. The van der Waals surface area contributed by atoms with Gasteiger partial charge in [0, 0.05) is 18.0 Å². The smallest absolute Gasteiger partial charge is 0.321 e. The summed E-state index contributed by atoms with van der Waals surface area (Å²) < 4.78 is 5.17. The second kappa shape index (κ2) is 5.53. The van der Waals surface area contributed by atoms with Crippen LogP contribution in [0.2, 0.25) is 0 Å². The molecule has 0 radical (unpaired) electrons. The lowest BCUT2D eigenvalue weighted by Gasteiger charge is -2.09. The number of imide groups is 1. The number of carbonyl (C=O) groups is 2. The molecular weight excluding hydrogens is 232 g/mol. The Labute approximate surface area is 106 Å². The fraction of sp³-hybridized carbons (Fsp3) is 0.385. The second-order valence-corrected chi connectivity index (χ2v) is 4.26. The van der Waals surface area contributed by atoms with Crippen LogP contribution in [0.4, 0.5) is 4.79 Å². The minimum Gasteiger partial charge on any atom is -0.496 e. The Morgan fingerprint density at radius 2 is 2.06 bits per heavy atom. The molecule has 1 aromatic rings. The molecule has 0 saturated heterocycles. The van der Waals surface area contributed by atoms with Gasteiger partial charge in [-0.3, -0.25) is 10.1 Å². The third-order valence-corrected chi connectivity index (χ3v) is 2.82. The second-order valence-electron chi connectivity index (χ2n) is 4.26. The standard InChI is InChI=1S/C13H16N2O3/c1-18-11-5-3-2-4-10(11)8-14-13(17)15-12(16)9-6-7-9/h2-5,9H,6-8H2,1H3,(H2,14,15,16,17). The van der Waals surface area contributed by atoms with E-state index in [2.05, 4.69) is 10.6 Å². The van der Waals surface area contributed by atoms with Crippen molar-refractivity contribution in [3.05, 3.63) is 29.8 Å². The molecule has 0 unspecified atom stereocenters. The van der Waals surface area contributed by atoms with E-state index in [1.54, 1.807) is 7.11 Å². The summed E-state index contributed by atoms with van der Waals surface area (Å²) in [5, 5.41) is 4.96. The summed E-state index contributed by atoms with van der Waals surface area (Å²) in [7, 11) is 1.58. The molecule has 18 heavy (non-hydrogen) atoms. The summed E-state index contributed by atoms with van der Waals surface area (Å²) in [5.74, 6) is 0.556. The highest BCUT2D eigenvalue weighted by atomic mass is 16.5. The van der Waals surface area contributed by atoms with Gasteiger partial charge in [-0.2, -0.15) is 0 Å². The first-order chi connectivity index (χ1) is 8.70. The van der Waals surface area contributed by atoms with Gasteiger partial charge in [0.1, 0.15) is 5.75 Å². The lowest BCUT2D eigenvalue weighted by atomic mass is 10.2. The molecule has 5 heteroatoms. The maximum Gasteiger partial charge on any atom is 0.321 e. The fourth-order valence-corrected chi connectivity index (χ4v) is 1.63. The van der Waals surface area contributed by atoms with Crippen LogP contribution in [0.3, 0.4) is 0 Å². The number of carbonyl (C=O) groups excluding carboxylic acids is 2. The van der Waals surface area contributed by atoms with E-state index in [0.29, 0.717) is 12.3 Å². The molecule has 2 N–H and O–H groups in total. The van der Waals surface area contributed by atoms with Gasteiger partial charge >= 0.3 is 6.03 Å². The minimum absolute atomic E-state index is 0.0296. The maximum absolute atomic E-state index is 11.5. The van der Waals surface area contributed by atoms with Crippen LogP contribution in [-0.4, -0.2) is 19.0 Å². The van der Waals surface area contributed by atoms with Gasteiger partial charge in [-0.1, -0.05) is 18.2 Å². The van der Waals surface area contributed by atoms with Gasteiger partial charge in [0.25, 0.3) is 0 Å². The highest BCUT2D eigenvalue weighted by molar-refractivity contribution is 5.96. The van der Waals surface area contributed by atoms with Crippen LogP contribution >= 0.6 is 0 Å². The summed E-state index contributed by atoms with van der Waals surface area (Å²) in [6.45, 7) is 0.327. The molecule has 0 bridgehead atoms. The van der Waals surface area contributed by atoms with E-state index in [9.17, 15) is 9.59 Å². The van der Waals surface area contributed by atoms with Gasteiger partial charge in [-0.05, 0) is 18.9 Å². The van der Waals surface area contributed by atoms with Crippen molar-refractivity contribution in [1.82, 2.24) is 10.6 Å². The third-order valence-electron chi connectivity index (χ3n) is 2.82.